The Balaban J connectivity index is 1.36. The maximum atomic E-state index is 12.8. The molecule has 4 rings (SSSR count). The van der Waals surface area contributed by atoms with Crippen LogP contribution < -0.4 is 10.2 Å². The van der Waals surface area contributed by atoms with Crippen molar-refractivity contribution < 1.29 is 9.53 Å². The first-order valence-corrected chi connectivity index (χ1v) is 12.6. The molecule has 0 spiro atoms. The molecule has 5 nitrogen and oxygen atoms in total. The summed E-state index contributed by atoms with van der Waals surface area (Å²) in [4.78, 5) is 18.0. The number of carbonyl (C=O) groups is 1. The average molecular weight is 450 g/mol. The van der Waals surface area contributed by atoms with Gasteiger partial charge in [0.1, 0.15) is 0 Å². The fraction of sp³-hybridized carbons (Fsp3) is 0.536. The van der Waals surface area contributed by atoms with Crippen LogP contribution >= 0.6 is 0 Å². The number of ether oxygens (including phenoxy) is 1. The quantitative estimate of drug-likeness (QED) is 0.553. The molecule has 3 atom stereocenters. The molecule has 5 heteroatoms. The minimum absolute atomic E-state index is 0.0377. The highest BCUT2D eigenvalue weighted by Crippen LogP contribution is 2.30. The van der Waals surface area contributed by atoms with E-state index in [4.69, 9.17) is 4.74 Å². The second-order valence-electron chi connectivity index (χ2n) is 9.71. The first-order valence-electron chi connectivity index (χ1n) is 12.6. The molecule has 0 radical (unpaired) electrons. The molecular weight excluding hydrogens is 410 g/mol. The van der Waals surface area contributed by atoms with Crippen LogP contribution in [-0.4, -0.2) is 49.1 Å². The summed E-state index contributed by atoms with van der Waals surface area (Å²) in [5.41, 5.74) is 4.97. The van der Waals surface area contributed by atoms with Gasteiger partial charge in [-0.05, 0) is 94.5 Å². The second kappa shape index (κ2) is 10.7. The molecule has 2 fully saturated rings. The van der Waals surface area contributed by atoms with Crippen LogP contribution in [-0.2, 0) is 4.74 Å². The van der Waals surface area contributed by atoms with E-state index < -0.39 is 0 Å². The van der Waals surface area contributed by atoms with Gasteiger partial charge in [0.25, 0.3) is 5.91 Å². The van der Waals surface area contributed by atoms with Crippen molar-refractivity contribution in [3.8, 4) is 0 Å². The fourth-order valence-electron chi connectivity index (χ4n) is 5.22. The van der Waals surface area contributed by atoms with E-state index in [1.54, 1.807) is 0 Å². The molecule has 0 saturated carbocycles. The van der Waals surface area contributed by atoms with Crippen molar-refractivity contribution in [1.82, 2.24) is 4.90 Å². The second-order valence-corrected chi connectivity index (χ2v) is 9.71. The van der Waals surface area contributed by atoms with E-state index in [2.05, 4.69) is 48.0 Å². The standard InChI is InChI=1S/C28H39N3O2/c1-5-17-33-22(4)23-8-10-24(11-9-23)28(32)29-27-13-12-25(18-20(27)2)30-16-14-26(19-30)31-15-6-7-21(31)3/h8-13,18,21-22,26H,5-7,14-17,19H2,1-4H3,(H,29,32). The summed E-state index contributed by atoms with van der Waals surface area (Å²) < 4.78 is 5.78. The third kappa shape index (κ3) is 5.59. The zero-order valence-corrected chi connectivity index (χ0v) is 20.6. The molecular formula is C28H39N3O2. The Bertz CT molecular complexity index is 943. The number of nitrogens with one attached hydrogen (secondary N) is 1. The van der Waals surface area contributed by atoms with E-state index >= 15 is 0 Å². The highest BCUT2D eigenvalue weighted by Gasteiger charge is 2.33. The minimum atomic E-state index is -0.0798. The summed E-state index contributed by atoms with van der Waals surface area (Å²) >= 11 is 0. The lowest BCUT2D eigenvalue weighted by atomic mass is 10.1. The van der Waals surface area contributed by atoms with Crippen LogP contribution in [0, 0.1) is 6.92 Å². The normalized spacial score (nSPS) is 22.0. The number of nitrogens with zero attached hydrogens (tertiary/aromatic N) is 2. The number of likely N-dealkylation sites (tertiary alicyclic amines) is 1. The molecule has 33 heavy (non-hydrogen) atoms. The van der Waals surface area contributed by atoms with Gasteiger partial charge in [0.05, 0.1) is 6.10 Å². The zero-order valence-electron chi connectivity index (χ0n) is 20.6. The largest absolute Gasteiger partial charge is 0.374 e. The Kier molecular flexibility index (Phi) is 7.71. The third-order valence-corrected chi connectivity index (χ3v) is 7.27. The Morgan fingerprint density at radius 3 is 2.61 bits per heavy atom. The molecule has 0 bridgehead atoms. The highest BCUT2D eigenvalue weighted by molar-refractivity contribution is 6.04. The van der Waals surface area contributed by atoms with E-state index in [1.807, 2.05) is 37.3 Å². The van der Waals surface area contributed by atoms with Crippen LogP contribution in [0.2, 0.25) is 0 Å². The molecule has 2 heterocycles. The Labute approximate surface area is 199 Å². The van der Waals surface area contributed by atoms with Gasteiger partial charge >= 0.3 is 0 Å². The zero-order chi connectivity index (χ0) is 23.4. The van der Waals surface area contributed by atoms with Gasteiger partial charge in [-0.3, -0.25) is 9.69 Å². The van der Waals surface area contributed by atoms with Crippen LogP contribution in [0.1, 0.15) is 74.0 Å². The average Bonchev–Trinajstić information content (AvgIpc) is 3.47. The molecule has 178 valence electrons. The van der Waals surface area contributed by atoms with E-state index in [9.17, 15) is 4.79 Å². The molecule has 1 amide bonds. The van der Waals surface area contributed by atoms with Crippen molar-refractivity contribution in [2.45, 2.75) is 71.6 Å². The lowest BCUT2D eigenvalue weighted by molar-refractivity contribution is 0.0662. The van der Waals surface area contributed by atoms with Crippen LogP contribution in [0.25, 0.3) is 0 Å². The van der Waals surface area contributed by atoms with E-state index in [-0.39, 0.29) is 12.0 Å². The van der Waals surface area contributed by atoms with Crippen LogP contribution in [0.15, 0.2) is 42.5 Å². The third-order valence-electron chi connectivity index (χ3n) is 7.27. The van der Waals surface area contributed by atoms with Crippen LogP contribution in [0.5, 0.6) is 0 Å². The summed E-state index contributed by atoms with van der Waals surface area (Å²) in [6.07, 6.45) is 4.94. The van der Waals surface area contributed by atoms with Gasteiger partial charge in [-0.25, -0.2) is 0 Å². The van der Waals surface area contributed by atoms with Gasteiger partial charge in [-0.1, -0.05) is 19.1 Å². The Hall–Kier alpha value is -2.37. The lowest BCUT2D eigenvalue weighted by Gasteiger charge is -2.28. The summed E-state index contributed by atoms with van der Waals surface area (Å²) in [7, 11) is 0. The molecule has 2 saturated heterocycles. The first kappa shape index (κ1) is 23.8. The lowest BCUT2D eigenvalue weighted by Crippen LogP contribution is -2.39. The summed E-state index contributed by atoms with van der Waals surface area (Å²) in [5, 5.41) is 3.09. The molecule has 2 aliphatic rings. The highest BCUT2D eigenvalue weighted by atomic mass is 16.5. The number of hydrogen-bond acceptors (Lipinski definition) is 4. The maximum absolute atomic E-state index is 12.8. The Morgan fingerprint density at radius 2 is 1.94 bits per heavy atom. The van der Waals surface area contributed by atoms with E-state index in [0.717, 1.165) is 49.0 Å². The molecule has 2 aromatic rings. The van der Waals surface area contributed by atoms with E-state index in [0.29, 0.717) is 11.6 Å². The number of rotatable bonds is 8. The summed E-state index contributed by atoms with van der Waals surface area (Å²) in [6, 6.07) is 15.5. The van der Waals surface area contributed by atoms with Gasteiger partial charge < -0.3 is 15.0 Å². The maximum Gasteiger partial charge on any atom is 0.255 e. The van der Waals surface area contributed by atoms with Gasteiger partial charge in [-0.15, -0.1) is 0 Å². The molecule has 2 aromatic carbocycles. The number of benzene rings is 2. The number of aryl methyl sites for hydroxylation is 1. The SMILES string of the molecule is CCCOC(C)c1ccc(C(=O)Nc2ccc(N3CCC(N4CCCC4C)C3)cc2C)cc1. The molecule has 0 aliphatic carbocycles. The predicted octanol–water partition coefficient (Wildman–Crippen LogP) is 5.80. The van der Waals surface area contributed by atoms with Crippen molar-refractivity contribution in [2.24, 2.45) is 0 Å². The van der Waals surface area contributed by atoms with Crippen molar-refractivity contribution in [1.29, 1.82) is 0 Å². The van der Waals surface area contributed by atoms with E-state index in [1.165, 1.54) is 31.5 Å². The first-order chi connectivity index (χ1) is 16.0. The number of amides is 1. The van der Waals surface area contributed by atoms with Gasteiger partial charge in [0.15, 0.2) is 0 Å². The van der Waals surface area contributed by atoms with Crippen molar-refractivity contribution in [3.05, 3.63) is 59.2 Å². The number of hydrogen-bond donors (Lipinski definition) is 1. The molecule has 3 unspecified atom stereocenters. The van der Waals surface area contributed by atoms with Crippen LogP contribution in [0.3, 0.4) is 0 Å². The smallest absolute Gasteiger partial charge is 0.255 e. The van der Waals surface area contributed by atoms with Crippen LogP contribution in [0.4, 0.5) is 11.4 Å². The summed E-state index contributed by atoms with van der Waals surface area (Å²) in [5.74, 6) is -0.0798. The molecule has 0 aromatic heterocycles. The molecule has 2 aliphatic heterocycles. The van der Waals surface area contributed by atoms with Crippen molar-refractivity contribution in [2.75, 3.05) is 36.5 Å². The minimum Gasteiger partial charge on any atom is -0.374 e. The van der Waals surface area contributed by atoms with Gasteiger partial charge in [-0.2, -0.15) is 0 Å². The van der Waals surface area contributed by atoms with Crippen molar-refractivity contribution in [3.63, 3.8) is 0 Å². The van der Waals surface area contributed by atoms with Gasteiger partial charge in [0.2, 0.25) is 0 Å². The predicted molar refractivity (Wildman–Crippen MR) is 136 cm³/mol. The number of anilines is 2. The molecule has 1 N–H and O–H groups in total. The van der Waals surface area contributed by atoms with Crippen molar-refractivity contribution >= 4 is 17.3 Å². The summed E-state index contributed by atoms with van der Waals surface area (Å²) in [6.45, 7) is 12.8. The monoisotopic (exact) mass is 449 g/mol. The fourth-order valence-corrected chi connectivity index (χ4v) is 5.22. The number of carbonyl (C=O) groups excluding carboxylic acids is 1. The Morgan fingerprint density at radius 1 is 1.15 bits per heavy atom. The van der Waals surface area contributed by atoms with Gasteiger partial charge in [0, 0.05) is 48.7 Å². The topological polar surface area (TPSA) is 44.8 Å².